The van der Waals surface area contributed by atoms with Crippen LogP contribution in [0.5, 0.6) is 0 Å². The lowest BCUT2D eigenvalue weighted by molar-refractivity contribution is 0.213. The first-order valence-corrected chi connectivity index (χ1v) is 8.14. The van der Waals surface area contributed by atoms with Gasteiger partial charge in [0.1, 0.15) is 20.0 Å². The van der Waals surface area contributed by atoms with E-state index in [0.29, 0.717) is 6.42 Å². The Bertz CT molecular complexity index is 688. The summed E-state index contributed by atoms with van der Waals surface area (Å²) in [5.74, 6) is -0.239. The zero-order valence-electron chi connectivity index (χ0n) is 14.6. The van der Waals surface area contributed by atoms with E-state index in [1.54, 1.807) is 18.3 Å². The Morgan fingerprint density at radius 2 is 1.76 bits per heavy atom. The molecule has 0 radical (unpaired) electrons. The van der Waals surface area contributed by atoms with Gasteiger partial charge in [-0.2, -0.15) is 0 Å². The van der Waals surface area contributed by atoms with Crippen LogP contribution in [0.25, 0.3) is 0 Å². The van der Waals surface area contributed by atoms with Gasteiger partial charge in [-0.05, 0) is 35.7 Å². The number of nitrogens with zero attached hydrogens (tertiary/aromatic N) is 2. The molecule has 0 saturated heterocycles. The Balaban J connectivity index is 0.000000251. The van der Waals surface area contributed by atoms with E-state index in [1.165, 1.54) is 26.4 Å². The minimum Gasteiger partial charge on any atom is -0.399 e. The van der Waals surface area contributed by atoms with Crippen LogP contribution in [0.3, 0.4) is 0 Å². The highest BCUT2D eigenvalue weighted by Crippen LogP contribution is 2.14. The third-order valence-corrected chi connectivity index (χ3v) is 3.53. The molecule has 0 atom stereocenters. The summed E-state index contributed by atoms with van der Waals surface area (Å²) < 4.78 is 12.6. The summed E-state index contributed by atoms with van der Waals surface area (Å²) in [6.07, 6.45) is 3.15. The van der Waals surface area contributed by atoms with E-state index in [-0.39, 0.29) is 5.82 Å². The van der Waals surface area contributed by atoms with E-state index >= 15 is 0 Å². The average molecular weight is 365 g/mol. The Kier molecular flexibility index (Phi) is 9.94. The van der Waals surface area contributed by atoms with Gasteiger partial charge in [0.2, 0.25) is 0 Å². The highest BCUT2D eigenvalue weighted by atomic mass is 35.5. The molecule has 0 saturated carbocycles. The van der Waals surface area contributed by atoms with Gasteiger partial charge in [-0.3, -0.25) is 0 Å². The van der Waals surface area contributed by atoms with Crippen LogP contribution in [-0.2, 0) is 16.1 Å². The van der Waals surface area contributed by atoms with Gasteiger partial charge in [-0.15, -0.1) is 0 Å². The van der Waals surface area contributed by atoms with Gasteiger partial charge < -0.3 is 9.68 Å². The molecule has 2 aromatic carbocycles. The molecular formula is C19H22ClFN2O2. The van der Waals surface area contributed by atoms with Crippen molar-refractivity contribution >= 4 is 23.5 Å². The summed E-state index contributed by atoms with van der Waals surface area (Å²) >= 11 is 5.90. The largest absolute Gasteiger partial charge is 0.399 e. The fraction of sp³-hybridized carbons (Fsp3) is 0.263. The first-order chi connectivity index (χ1) is 12.1. The number of oxime groups is 2. The molecular weight excluding hydrogens is 343 g/mol. The molecule has 0 aliphatic carbocycles. The molecule has 0 heterocycles. The molecule has 0 spiro atoms. The Hall–Kier alpha value is -2.40. The van der Waals surface area contributed by atoms with Crippen molar-refractivity contribution in [3.05, 3.63) is 70.5 Å². The maximum atomic E-state index is 12.6. The SMILES string of the molecule is CCC(=NOC)c1ccc(F)cc1.CON=CCc1ccccc1Cl. The Labute approximate surface area is 152 Å². The quantitative estimate of drug-likeness (QED) is 0.528. The van der Waals surface area contributed by atoms with E-state index < -0.39 is 0 Å². The Morgan fingerprint density at radius 1 is 1.08 bits per heavy atom. The van der Waals surface area contributed by atoms with Crippen molar-refractivity contribution in [1.82, 2.24) is 0 Å². The highest BCUT2D eigenvalue weighted by molar-refractivity contribution is 6.31. The maximum absolute atomic E-state index is 12.6. The number of hydrogen-bond acceptors (Lipinski definition) is 4. The second-order valence-electron chi connectivity index (χ2n) is 4.85. The zero-order valence-corrected chi connectivity index (χ0v) is 15.3. The van der Waals surface area contributed by atoms with Crippen molar-refractivity contribution in [2.45, 2.75) is 19.8 Å². The third-order valence-electron chi connectivity index (χ3n) is 3.16. The van der Waals surface area contributed by atoms with Crippen LogP contribution in [0.2, 0.25) is 5.02 Å². The molecule has 2 aromatic rings. The molecule has 0 N–H and O–H groups in total. The summed E-state index contributed by atoms with van der Waals surface area (Å²) in [5, 5.41) is 8.23. The molecule has 134 valence electrons. The predicted molar refractivity (Wildman–Crippen MR) is 101 cm³/mol. The highest BCUT2D eigenvalue weighted by Gasteiger charge is 2.01. The molecule has 4 nitrogen and oxygen atoms in total. The van der Waals surface area contributed by atoms with Crippen LogP contribution in [0, 0.1) is 5.82 Å². The van der Waals surface area contributed by atoms with Crippen molar-refractivity contribution in [2.24, 2.45) is 10.3 Å². The van der Waals surface area contributed by atoms with Gasteiger partial charge in [0.15, 0.2) is 0 Å². The topological polar surface area (TPSA) is 43.2 Å². The summed E-state index contributed by atoms with van der Waals surface area (Å²) in [7, 11) is 3.02. The van der Waals surface area contributed by atoms with Gasteiger partial charge >= 0.3 is 0 Å². The zero-order chi connectivity index (χ0) is 18.5. The molecule has 0 fully saturated rings. The molecule has 25 heavy (non-hydrogen) atoms. The summed E-state index contributed by atoms with van der Waals surface area (Å²) in [5.41, 5.74) is 2.77. The molecule has 0 aliphatic rings. The van der Waals surface area contributed by atoms with Crippen LogP contribution >= 0.6 is 11.6 Å². The second kappa shape index (κ2) is 12.0. The lowest BCUT2D eigenvalue weighted by Gasteiger charge is -2.01. The van der Waals surface area contributed by atoms with E-state index in [4.69, 9.17) is 11.6 Å². The minimum absolute atomic E-state index is 0.239. The van der Waals surface area contributed by atoms with Gasteiger partial charge in [0.25, 0.3) is 0 Å². The average Bonchev–Trinajstić information content (AvgIpc) is 2.63. The van der Waals surface area contributed by atoms with Crippen LogP contribution in [0.1, 0.15) is 24.5 Å². The van der Waals surface area contributed by atoms with E-state index in [2.05, 4.69) is 20.0 Å². The molecule has 2 rings (SSSR count). The maximum Gasteiger partial charge on any atom is 0.123 e. The third kappa shape index (κ3) is 7.81. The molecule has 0 unspecified atom stereocenters. The number of halogens is 2. The predicted octanol–water partition coefficient (Wildman–Crippen LogP) is 5.10. The van der Waals surface area contributed by atoms with E-state index in [1.807, 2.05) is 31.2 Å². The molecule has 0 amide bonds. The first kappa shape index (κ1) is 20.6. The van der Waals surface area contributed by atoms with Gasteiger partial charge in [0, 0.05) is 17.7 Å². The number of rotatable bonds is 6. The molecule has 0 aliphatic heterocycles. The van der Waals surface area contributed by atoms with Gasteiger partial charge in [-0.1, -0.05) is 59.2 Å². The minimum atomic E-state index is -0.239. The normalized spacial score (nSPS) is 11.0. The molecule has 0 aromatic heterocycles. The lowest BCUT2D eigenvalue weighted by atomic mass is 10.1. The van der Waals surface area contributed by atoms with Gasteiger partial charge in [-0.25, -0.2) is 4.39 Å². The van der Waals surface area contributed by atoms with E-state index in [0.717, 1.165) is 28.3 Å². The van der Waals surface area contributed by atoms with Crippen molar-refractivity contribution in [2.75, 3.05) is 14.2 Å². The summed E-state index contributed by atoms with van der Waals surface area (Å²) in [4.78, 5) is 9.20. The second-order valence-corrected chi connectivity index (χ2v) is 5.25. The molecule has 0 bridgehead atoms. The van der Waals surface area contributed by atoms with Gasteiger partial charge in [0.05, 0.1) is 5.71 Å². The summed E-state index contributed by atoms with van der Waals surface area (Å²) in [6, 6.07) is 13.9. The van der Waals surface area contributed by atoms with Crippen LogP contribution in [0.4, 0.5) is 4.39 Å². The van der Waals surface area contributed by atoms with Crippen LogP contribution in [0.15, 0.2) is 58.8 Å². The van der Waals surface area contributed by atoms with Crippen molar-refractivity contribution in [3.8, 4) is 0 Å². The monoisotopic (exact) mass is 364 g/mol. The number of hydrogen-bond donors (Lipinski definition) is 0. The first-order valence-electron chi connectivity index (χ1n) is 7.76. The summed E-state index contributed by atoms with van der Waals surface area (Å²) in [6.45, 7) is 1.97. The van der Waals surface area contributed by atoms with Crippen molar-refractivity contribution < 1.29 is 14.1 Å². The fourth-order valence-electron chi connectivity index (χ4n) is 1.95. The Morgan fingerprint density at radius 3 is 2.32 bits per heavy atom. The van der Waals surface area contributed by atoms with Crippen LogP contribution < -0.4 is 0 Å². The number of benzene rings is 2. The fourth-order valence-corrected chi connectivity index (χ4v) is 2.16. The van der Waals surface area contributed by atoms with Crippen molar-refractivity contribution in [3.63, 3.8) is 0 Å². The smallest absolute Gasteiger partial charge is 0.123 e. The van der Waals surface area contributed by atoms with Crippen LogP contribution in [-0.4, -0.2) is 26.1 Å². The lowest BCUT2D eigenvalue weighted by Crippen LogP contribution is -1.99. The van der Waals surface area contributed by atoms with Crippen molar-refractivity contribution in [1.29, 1.82) is 0 Å². The van der Waals surface area contributed by atoms with E-state index in [9.17, 15) is 4.39 Å². The molecule has 6 heteroatoms. The standard InChI is InChI=1S/C10H12FNO.C9H10ClNO/c1-3-10(12-13-2)8-4-6-9(11)7-5-8;1-12-11-7-6-8-4-2-3-5-9(8)10/h4-7H,3H2,1-2H3;2-5,7H,6H2,1H3.